The van der Waals surface area contributed by atoms with E-state index in [0.717, 1.165) is 0 Å². The molecule has 2 aromatic rings. The molecule has 0 aliphatic carbocycles. The number of thiophene rings is 1. The van der Waals surface area contributed by atoms with Crippen LogP contribution in [0.4, 0.5) is 0 Å². The summed E-state index contributed by atoms with van der Waals surface area (Å²) in [6.45, 7) is 11.5. The fraction of sp³-hybridized carbons (Fsp3) is 0.412. The Balaban J connectivity index is 2.35. The summed E-state index contributed by atoms with van der Waals surface area (Å²) in [5.74, 6) is 0. The molecule has 3 heteroatoms. The fourth-order valence-electron chi connectivity index (χ4n) is 1.83. The van der Waals surface area contributed by atoms with Gasteiger partial charge in [-0.25, -0.2) is 0 Å². The Kier molecular flexibility index (Phi) is 4.52. The van der Waals surface area contributed by atoms with E-state index in [1.54, 1.807) is 11.3 Å². The van der Waals surface area contributed by atoms with E-state index in [-0.39, 0.29) is 11.1 Å². The molecule has 0 N–H and O–H groups in total. The maximum absolute atomic E-state index is 6.68. The van der Waals surface area contributed by atoms with Crippen molar-refractivity contribution in [2.24, 2.45) is 0 Å². The van der Waals surface area contributed by atoms with Crippen LogP contribution in [-0.2, 0) is 4.43 Å². The quantitative estimate of drug-likeness (QED) is 0.643. The molecular formula is C17H24OSSi. The maximum atomic E-state index is 6.68. The predicted molar refractivity (Wildman–Crippen MR) is 90.9 cm³/mol. The molecule has 0 saturated carbocycles. The summed E-state index contributed by atoms with van der Waals surface area (Å²) in [5, 5.41) is 2.34. The van der Waals surface area contributed by atoms with Crippen LogP contribution in [-0.4, -0.2) is 8.32 Å². The first-order chi connectivity index (χ1) is 9.31. The van der Waals surface area contributed by atoms with Gasteiger partial charge in [0, 0.05) is 4.88 Å². The molecule has 1 aromatic heterocycles. The predicted octanol–water partition coefficient (Wildman–Crippen LogP) is 5.86. The van der Waals surface area contributed by atoms with Crippen molar-refractivity contribution in [1.29, 1.82) is 0 Å². The van der Waals surface area contributed by atoms with Gasteiger partial charge in [0.15, 0.2) is 8.32 Å². The highest BCUT2D eigenvalue weighted by Crippen LogP contribution is 2.42. The van der Waals surface area contributed by atoms with Crippen molar-refractivity contribution >= 4 is 19.7 Å². The van der Waals surface area contributed by atoms with Gasteiger partial charge in [-0.1, -0.05) is 57.2 Å². The molecule has 108 valence electrons. The maximum Gasteiger partial charge on any atom is 0.193 e. The highest BCUT2D eigenvalue weighted by molar-refractivity contribution is 7.10. The lowest BCUT2D eigenvalue weighted by molar-refractivity contribution is 0.225. The van der Waals surface area contributed by atoms with E-state index >= 15 is 0 Å². The number of benzene rings is 1. The van der Waals surface area contributed by atoms with Crippen molar-refractivity contribution in [2.45, 2.75) is 45.0 Å². The lowest BCUT2D eigenvalue weighted by atomic mass is 10.1. The molecule has 0 aliphatic rings. The Morgan fingerprint density at radius 3 is 2.15 bits per heavy atom. The summed E-state index contributed by atoms with van der Waals surface area (Å²) in [4.78, 5) is 1.29. The molecule has 1 heterocycles. The van der Waals surface area contributed by atoms with Crippen LogP contribution in [0.25, 0.3) is 0 Å². The van der Waals surface area contributed by atoms with Gasteiger partial charge in [-0.05, 0) is 35.1 Å². The lowest BCUT2D eigenvalue weighted by Gasteiger charge is -2.39. The molecule has 1 unspecified atom stereocenters. The zero-order valence-corrected chi connectivity index (χ0v) is 14.8. The minimum Gasteiger partial charge on any atom is -0.405 e. The van der Waals surface area contributed by atoms with Crippen molar-refractivity contribution in [3.63, 3.8) is 0 Å². The SMILES string of the molecule is CC(C)(C)[Si](C)(C)OC(c1ccccc1)c1cccs1. The third kappa shape index (κ3) is 3.40. The van der Waals surface area contributed by atoms with Crippen molar-refractivity contribution < 1.29 is 4.43 Å². The molecule has 0 aliphatic heterocycles. The molecule has 1 atom stereocenters. The lowest BCUT2D eigenvalue weighted by Crippen LogP contribution is -2.41. The van der Waals surface area contributed by atoms with Crippen molar-refractivity contribution in [3.8, 4) is 0 Å². The molecule has 20 heavy (non-hydrogen) atoms. The molecule has 1 nitrogen and oxygen atoms in total. The van der Waals surface area contributed by atoms with Gasteiger partial charge in [0.05, 0.1) is 0 Å². The molecule has 0 amide bonds. The summed E-state index contributed by atoms with van der Waals surface area (Å²) in [6, 6.07) is 14.8. The van der Waals surface area contributed by atoms with Crippen molar-refractivity contribution in [1.82, 2.24) is 0 Å². The Bertz CT molecular complexity index is 526. The average Bonchev–Trinajstić information content (AvgIpc) is 2.89. The van der Waals surface area contributed by atoms with Crippen molar-refractivity contribution in [2.75, 3.05) is 0 Å². The van der Waals surface area contributed by atoms with Gasteiger partial charge < -0.3 is 4.43 Å². The third-order valence-electron chi connectivity index (χ3n) is 4.12. The first kappa shape index (κ1) is 15.5. The van der Waals surface area contributed by atoms with Crippen LogP contribution >= 0.6 is 11.3 Å². The molecular weight excluding hydrogens is 280 g/mol. The molecule has 0 bridgehead atoms. The largest absolute Gasteiger partial charge is 0.405 e. The molecule has 1 aromatic carbocycles. The van der Waals surface area contributed by atoms with Crippen LogP contribution in [0.2, 0.25) is 18.1 Å². The topological polar surface area (TPSA) is 9.23 Å². The Hall–Kier alpha value is -0.903. The van der Waals surface area contributed by atoms with Crippen LogP contribution in [0.5, 0.6) is 0 Å². The molecule has 2 rings (SSSR count). The van der Waals surface area contributed by atoms with Crippen LogP contribution in [0.3, 0.4) is 0 Å². The smallest absolute Gasteiger partial charge is 0.193 e. The average molecular weight is 305 g/mol. The minimum absolute atomic E-state index is 0.0668. The highest BCUT2D eigenvalue weighted by atomic mass is 32.1. The van der Waals surface area contributed by atoms with E-state index in [4.69, 9.17) is 4.43 Å². The van der Waals surface area contributed by atoms with Crippen LogP contribution in [0.1, 0.15) is 37.3 Å². The summed E-state index contributed by atoms with van der Waals surface area (Å²) < 4.78 is 6.68. The highest BCUT2D eigenvalue weighted by Gasteiger charge is 2.39. The van der Waals surface area contributed by atoms with E-state index in [9.17, 15) is 0 Å². The van der Waals surface area contributed by atoms with Gasteiger partial charge in [-0.3, -0.25) is 0 Å². The Morgan fingerprint density at radius 1 is 1.00 bits per heavy atom. The van der Waals surface area contributed by atoms with Gasteiger partial charge in [0.1, 0.15) is 6.10 Å². The van der Waals surface area contributed by atoms with E-state index < -0.39 is 8.32 Å². The number of hydrogen-bond donors (Lipinski definition) is 0. The Morgan fingerprint density at radius 2 is 1.65 bits per heavy atom. The monoisotopic (exact) mass is 304 g/mol. The Labute approximate surface area is 127 Å². The summed E-state index contributed by atoms with van der Waals surface area (Å²) in [5.41, 5.74) is 1.25. The van der Waals surface area contributed by atoms with Crippen LogP contribution < -0.4 is 0 Å². The second kappa shape index (κ2) is 5.84. The van der Waals surface area contributed by atoms with E-state index in [2.05, 4.69) is 81.7 Å². The normalized spacial score (nSPS) is 14.2. The van der Waals surface area contributed by atoms with Crippen LogP contribution in [0.15, 0.2) is 47.8 Å². The second-order valence-corrected chi connectivity index (χ2v) is 12.4. The number of hydrogen-bond acceptors (Lipinski definition) is 2. The summed E-state index contributed by atoms with van der Waals surface area (Å²) in [6.07, 6.45) is 0.0668. The number of rotatable bonds is 4. The summed E-state index contributed by atoms with van der Waals surface area (Å²) >= 11 is 1.77. The van der Waals surface area contributed by atoms with Gasteiger partial charge in [0.25, 0.3) is 0 Å². The first-order valence-corrected chi connectivity index (χ1v) is 10.9. The van der Waals surface area contributed by atoms with E-state index in [1.165, 1.54) is 10.4 Å². The zero-order chi connectivity index (χ0) is 14.8. The van der Waals surface area contributed by atoms with Gasteiger partial charge in [-0.2, -0.15) is 0 Å². The fourth-order valence-corrected chi connectivity index (χ4v) is 3.90. The third-order valence-corrected chi connectivity index (χ3v) is 9.48. The van der Waals surface area contributed by atoms with Gasteiger partial charge in [0.2, 0.25) is 0 Å². The minimum atomic E-state index is -1.80. The zero-order valence-electron chi connectivity index (χ0n) is 13.0. The molecule has 0 fully saturated rings. The van der Waals surface area contributed by atoms with E-state index in [0.29, 0.717) is 0 Å². The molecule has 0 radical (unpaired) electrons. The van der Waals surface area contributed by atoms with E-state index in [1.807, 2.05) is 0 Å². The summed E-state index contributed by atoms with van der Waals surface area (Å²) in [7, 11) is -1.80. The molecule has 0 spiro atoms. The van der Waals surface area contributed by atoms with Crippen LogP contribution in [0, 0.1) is 0 Å². The molecule has 0 saturated heterocycles. The van der Waals surface area contributed by atoms with Crippen molar-refractivity contribution in [3.05, 3.63) is 58.3 Å². The first-order valence-electron chi connectivity index (χ1n) is 7.07. The van der Waals surface area contributed by atoms with Gasteiger partial charge >= 0.3 is 0 Å². The standard InChI is InChI=1S/C17H24OSSi/c1-17(2,3)20(4,5)18-16(15-12-9-13-19-15)14-10-7-6-8-11-14/h6-13,16H,1-5H3. The second-order valence-electron chi connectivity index (χ2n) is 6.68. The van der Waals surface area contributed by atoms with Gasteiger partial charge in [-0.15, -0.1) is 11.3 Å².